The lowest BCUT2D eigenvalue weighted by Gasteiger charge is -2.10. The van der Waals surface area contributed by atoms with E-state index in [4.69, 9.17) is 4.74 Å². The van der Waals surface area contributed by atoms with Gasteiger partial charge >= 0.3 is 0 Å². The number of hydrogen-bond acceptors (Lipinski definition) is 3. The maximum absolute atomic E-state index is 13.7. The number of rotatable bonds is 5. The molecule has 0 bridgehead atoms. The molecule has 0 aliphatic rings. The Morgan fingerprint density at radius 2 is 1.86 bits per heavy atom. The van der Waals surface area contributed by atoms with Crippen molar-refractivity contribution in [2.24, 2.45) is 0 Å². The van der Waals surface area contributed by atoms with Gasteiger partial charge in [-0.3, -0.25) is 4.72 Å². The molecule has 0 saturated heterocycles. The Hall–Kier alpha value is -1.60. The molecule has 0 aliphatic heterocycles. The minimum atomic E-state index is -3.84. The summed E-state index contributed by atoms with van der Waals surface area (Å²) in [5.41, 5.74) is -0.105. The van der Waals surface area contributed by atoms with Gasteiger partial charge in [0.1, 0.15) is 11.6 Å². The second kappa shape index (κ2) is 6.44. The molecule has 7 heteroatoms. The van der Waals surface area contributed by atoms with Gasteiger partial charge in [-0.15, -0.1) is 0 Å². The summed E-state index contributed by atoms with van der Waals surface area (Å²) < 4.78 is 46.0. The molecule has 0 heterocycles. The zero-order chi connectivity index (χ0) is 15.5. The van der Waals surface area contributed by atoms with Crippen molar-refractivity contribution in [1.29, 1.82) is 0 Å². The fourth-order valence-corrected chi connectivity index (χ4v) is 3.06. The molecule has 0 aromatic heterocycles. The van der Waals surface area contributed by atoms with E-state index in [9.17, 15) is 12.8 Å². The van der Waals surface area contributed by atoms with Crippen LogP contribution in [0.4, 0.5) is 10.1 Å². The van der Waals surface area contributed by atoms with E-state index < -0.39 is 15.8 Å². The third kappa shape index (κ3) is 3.95. The first-order valence-corrected chi connectivity index (χ1v) is 8.41. The summed E-state index contributed by atoms with van der Waals surface area (Å²) in [5.74, 6) is -0.0786. The zero-order valence-electron chi connectivity index (χ0n) is 11.1. The third-order valence-electron chi connectivity index (χ3n) is 2.62. The third-order valence-corrected chi connectivity index (χ3v) is 4.50. The van der Waals surface area contributed by atoms with Gasteiger partial charge < -0.3 is 4.74 Å². The molecule has 2 rings (SSSR count). The number of anilines is 1. The van der Waals surface area contributed by atoms with Crippen molar-refractivity contribution in [1.82, 2.24) is 0 Å². The summed E-state index contributed by atoms with van der Waals surface area (Å²) >= 11 is 3.11. The van der Waals surface area contributed by atoms with Crippen LogP contribution in [-0.2, 0) is 10.0 Å². The minimum absolute atomic E-state index is 0.0354. The van der Waals surface area contributed by atoms with Crippen LogP contribution >= 0.6 is 15.9 Å². The minimum Gasteiger partial charge on any atom is -0.494 e. The van der Waals surface area contributed by atoms with Crippen molar-refractivity contribution in [3.05, 3.63) is 52.8 Å². The van der Waals surface area contributed by atoms with Crippen LogP contribution < -0.4 is 9.46 Å². The van der Waals surface area contributed by atoms with Crippen LogP contribution in [0.15, 0.2) is 51.8 Å². The van der Waals surface area contributed by atoms with Gasteiger partial charge in [-0.05, 0) is 49.4 Å². The van der Waals surface area contributed by atoms with Crippen molar-refractivity contribution in [2.45, 2.75) is 11.8 Å². The van der Waals surface area contributed by atoms with Crippen molar-refractivity contribution in [3.63, 3.8) is 0 Å². The highest BCUT2D eigenvalue weighted by molar-refractivity contribution is 9.10. The second-order valence-corrected chi connectivity index (χ2v) is 6.73. The Labute approximate surface area is 131 Å². The van der Waals surface area contributed by atoms with E-state index in [0.29, 0.717) is 16.8 Å². The lowest BCUT2D eigenvalue weighted by Crippen LogP contribution is -2.13. The summed E-state index contributed by atoms with van der Waals surface area (Å²) in [6.45, 7) is 2.33. The molecule has 0 aliphatic carbocycles. The molecule has 2 aromatic rings. The Bertz CT molecular complexity index is 732. The average Bonchev–Trinajstić information content (AvgIpc) is 2.43. The first-order valence-electron chi connectivity index (χ1n) is 6.13. The Morgan fingerprint density at radius 1 is 1.19 bits per heavy atom. The topological polar surface area (TPSA) is 55.4 Å². The Balaban J connectivity index is 2.25. The maximum atomic E-state index is 13.7. The largest absolute Gasteiger partial charge is 0.494 e. The number of sulfonamides is 1. The van der Waals surface area contributed by atoms with E-state index in [1.54, 1.807) is 18.2 Å². The number of nitrogens with one attached hydrogen (secondary N) is 1. The van der Waals surface area contributed by atoms with E-state index in [1.165, 1.54) is 24.3 Å². The van der Waals surface area contributed by atoms with E-state index in [0.717, 1.165) is 0 Å². The molecule has 0 radical (unpaired) electrons. The Morgan fingerprint density at radius 3 is 2.43 bits per heavy atom. The molecular weight excluding hydrogens is 361 g/mol. The Kier molecular flexibility index (Phi) is 4.84. The summed E-state index contributed by atoms with van der Waals surface area (Å²) in [5, 5.41) is 0. The highest BCUT2D eigenvalue weighted by atomic mass is 79.9. The highest BCUT2D eigenvalue weighted by Gasteiger charge is 2.16. The predicted molar refractivity (Wildman–Crippen MR) is 82.5 cm³/mol. The fourth-order valence-electron chi connectivity index (χ4n) is 1.66. The van der Waals surface area contributed by atoms with Crippen LogP contribution in [0.3, 0.4) is 0 Å². The average molecular weight is 374 g/mol. The normalized spacial score (nSPS) is 11.2. The second-order valence-electron chi connectivity index (χ2n) is 4.13. The van der Waals surface area contributed by atoms with Crippen LogP contribution in [0.2, 0.25) is 0 Å². The standard InChI is InChI=1S/C14H13BrFNO3S/c1-2-20-11-4-6-12(7-5-11)21(18,19)17-14-8-3-10(15)9-13(14)16/h3-9,17H,2H2,1H3. The summed E-state index contributed by atoms with van der Waals surface area (Å²) in [7, 11) is -3.84. The fraction of sp³-hybridized carbons (Fsp3) is 0.143. The van der Waals surface area contributed by atoms with Crippen LogP contribution in [0.5, 0.6) is 5.75 Å². The van der Waals surface area contributed by atoms with Gasteiger partial charge in [0.2, 0.25) is 0 Å². The smallest absolute Gasteiger partial charge is 0.261 e. The van der Waals surface area contributed by atoms with E-state index >= 15 is 0 Å². The van der Waals surface area contributed by atoms with Gasteiger partial charge in [-0.25, -0.2) is 12.8 Å². The number of hydrogen-bond donors (Lipinski definition) is 1. The predicted octanol–water partition coefficient (Wildman–Crippen LogP) is 3.79. The maximum Gasteiger partial charge on any atom is 0.261 e. The van der Waals surface area contributed by atoms with Crippen molar-refractivity contribution in [3.8, 4) is 5.75 Å². The van der Waals surface area contributed by atoms with Gasteiger partial charge in [-0.1, -0.05) is 15.9 Å². The van der Waals surface area contributed by atoms with Crippen molar-refractivity contribution >= 4 is 31.6 Å². The molecule has 1 N–H and O–H groups in total. The van der Waals surface area contributed by atoms with Gasteiger partial charge in [0.25, 0.3) is 10.0 Å². The van der Waals surface area contributed by atoms with E-state index in [2.05, 4.69) is 20.7 Å². The molecular formula is C14H13BrFNO3S. The highest BCUT2D eigenvalue weighted by Crippen LogP contribution is 2.23. The van der Waals surface area contributed by atoms with E-state index in [1.807, 2.05) is 6.92 Å². The molecule has 0 saturated carbocycles. The van der Waals surface area contributed by atoms with Crippen LogP contribution in [0, 0.1) is 5.82 Å². The first kappa shape index (κ1) is 15.8. The van der Waals surface area contributed by atoms with E-state index in [-0.39, 0.29) is 10.6 Å². The molecule has 0 spiro atoms. The molecule has 0 amide bonds. The number of benzene rings is 2. The zero-order valence-corrected chi connectivity index (χ0v) is 13.5. The molecule has 2 aromatic carbocycles. The van der Waals surface area contributed by atoms with Gasteiger partial charge in [0.05, 0.1) is 17.2 Å². The number of ether oxygens (including phenoxy) is 1. The van der Waals surface area contributed by atoms with Crippen molar-refractivity contribution in [2.75, 3.05) is 11.3 Å². The van der Waals surface area contributed by atoms with Gasteiger partial charge in [0.15, 0.2) is 0 Å². The van der Waals surface area contributed by atoms with Crippen LogP contribution in [-0.4, -0.2) is 15.0 Å². The molecule has 21 heavy (non-hydrogen) atoms. The SMILES string of the molecule is CCOc1ccc(S(=O)(=O)Nc2ccc(Br)cc2F)cc1. The quantitative estimate of drug-likeness (QED) is 0.867. The summed E-state index contributed by atoms with van der Waals surface area (Å²) in [6, 6.07) is 10.0. The molecule has 0 fully saturated rings. The molecule has 0 unspecified atom stereocenters. The molecule has 112 valence electrons. The van der Waals surface area contributed by atoms with Crippen LogP contribution in [0.25, 0.3) is 0 Å². The van der Waals surface area contributed by atoms with Gasteiger partial charge in [-0.2, -0.15) is 0 Å². The lowest BCUT2D eigenvalue weighted by molar-refractivity contribution is 0.340. The molecule has 4 nitrogen and oxygen atoms in total. The van der Waals surface area contributed by atoms with Gasteiger partial charge in [0, 0.05) is 4.47 Å². The number of halogens is 2. The summed E-state index contributed by atoms with van der Waals surface area (Å²) in [4.78, 5) is 0.0354. The molecule has 0 atom stereocenters. The first-order chi connectivity index (χ1) is 9.92. The summed E-state index contributed by atoms with van der Waals surface area (Å²) in [6.07, 6.45) is 0. The van der Waals surface area contributed by atoms with Crippen LogP contribution in [0.1, 0.15) is 6.92 Å². The monoisotopic (exact) mass is 373 g/mol. The lowest BCUT2D eigenvalue weighted by atomic mass is 10.3. The van der Waals surface area contributed by atoms with Crippen molar-refractivity contribution < 1.29 is 17.5 Å².